The van der Waals surface area contributed by atoms with Gasteiger partial charge in [0.05, 0.1) is 5.38 Å². The molecule has 2 heteroatoms. The van der Waals surface area contributed by atoms with Crippen molar-refractivity contribution in [3.63, 3.8) is 0 Å². The molecule has 0 saturated heterocycles. The van der Waals surface area contributed by atoms with Crippen LogP contribution < -0.4 is 0 Å². The third-order valence-electron chi connectivity index (χ3n) is 3.16. The second-order valence-corrected chi connectivity index (χ2v) is 5.16. The van der Waals surface area contributed by atoms with Crippen LogP contribution in [0.25, 0.3) is 0 Å². The molecule has 2 aromatic rings. The Morgan fingerprint density at radius 2 is 1.83 bits per heavy atom. The maximum atomic E-state index is 6.52. The summed E-state index contributed by atoms with van der Waals surface area (Å²) >= 11 is 6.52. The van der Waals surface area contributed by atoms with Crippen molar-refractivity contribution in [2.45, 2.75) is 39.0 Å². The van der Waals surface area contributed by atoms with Crippen molar-refractivity contribution < 1.29 is 4.42 Å². The fraction of sp³-hybridized carbons (Fsp3) is 0.375. The van der Waals surface area contributed by atoms with Gasteiger partial charge in [-0.3, -0.25) is 0 Å². The first-order chi connectivity index (χ1) is 8.61. The van der Waals surface area contributed by atoms with E-state index in [4.69, 9.17) is 16.0 Å². The van der Waals surface area contributed by atoms with Gasteiger partial charge in [-0.25, -0.2) is 0 Å². The van der Waals surface area contributed by atoms with E-state index in [2.05, 4.69) is 31.2 Å². The Hall–Kier alpha value is -1.21. The molecular weight excluding hydrogens is 244 g/mol. The lowest BCUT2D eigenvalue weighted by molar-refractivity contribution is 0.501. The van der Waals surface area contributed by atoms with Gasteiger partial charge >= 0.3 is 0 Å². The van der Waals surface area contributed by atoms with Crippen LogP contribution in [0, 0.1) is 13.8 Å². The first-order valence-corrected chi connectivity index (χ1v) is 6.85. The summed E-state index contributed by atoms with van der Waals surface area (Å²) in [6, 6.07) is 10.6. The van der Waals surface area contributed by atoms with Crippen LogP contribution in [0.5, 0.6) is 0 Å². The first-order valence-electron chi connectivity index (χ1n) is 6.41. The SMILES string of the molecule is CCCc1ccc(C(Cl)c2cc(C)oc2C)cc1. The number of halogens is 1. The molecule has 18 heavy (non-hydrogen) atoms. The molecule has 1 unspecified atom stereocenters. The molecule has 1 aromatic heterocycles. The molecule has 0 spiro atoms. The predicted molar refractivity (Wildman–Crippen MR) is 76.3 cm³/mol. The van der Waals surface area contributed by atoms with Crippen molar-refractivity contribution in [3.8, 4) is 0 Å². The van der Waals surface area contributed by atoms with Crippen LogP contribution in [0.3, 0.4) is 0 Å². The molecule has 0 N–H and O–H groups in total. The summed E-state index contributed by atoms with van der Waals surface area (Å²) < 4.78 is 5.53. The van der Waals surface area contributed by atoms with Crippen LogP contribution in [-0.4, -0.2) is 0 Å². The summed E-state index contributed by atoms with van der Waals surface area (Å²) in [5.74, 6) is 1.82. The Morgan fingerprint density at radius 1 is 1.17 bits per heavy atom. The van der Waals surface area contributed by atoms with Gasteiger partial charge in [-0.15, -0.1) is 11.6 Å². The monoisotopic (exact) mass is 262 g/mol. The van der Waals surface area contributed by atoms with Gasteiger partial charge in [0, 0.05) is 5.56 Å². The van der Waals surface area contributed by atoms with Crippen LogP contribution in [0.15, 0.2) is 34.7 Å². The summed E-state index contributed by atoms with van der Waals surface area (Å²) in [5, 5.41) is -0.127. The summed E-state index contributed by atoms with van der Waals surface area (Å²) in [6.45, 7) is 6.10. The molecule has 0 fully saturated rings. The highest BCUT2D eigenvalue weighted by Gasteiger charge is 2.16. The van der Waals surface area contributed by atoms with Crippen LogP contribution in [0.1, 0.15) is 46.9 Å². The summed E-state index contributed by atoms with van der Waals surface area (Å²) in [5.41, 5.74) is 3.56. The maximum Gasteiger partial charge on any atom is 0.106 e. The molecule has 0 aliphatic carbocycles. The minimum Gasteiger partial charge on any atom is -0.466 e. The molecule has 1 atom stereocenters. The van der Waals surface area contributed by atoms with E-state index in [0.717, 1.165) is 29.1 Å². The average molecular weight is 263 g/mol. The lowest BCUT2D eigenvalue weighted by Gasteiger charge is -2.09. The van der Waals surface area contributed by atoms with Crippen molar-refractivity contribution in [2.24, 2.45) is 0 Å². The minimum atomic E-state index is -0.127. The topological polar surface area (TPSA) is 13.1 Å². The van der Waals surface area contributed by atoms with E-state index in [9.17, 15) is 0 Å². The van der Waals surface area contributed by atoms with Crippen LogP contribution in [0.2, 0.25) is 0 Å². The lowest BCUT2D eigenvalue weighted by Crippen LogP contribution is -1.94. The first kappa shape index (κ1) is 13.2. The second-order valence-electron chi connectivity index (χ2n) is 4.72. The fourth-order valence-corrected chi connectivity index (χ4v) is 2.59. The van der Waals surface area contributed by atoms with Gasteiger partial charge in [-0.1, -0.05) is 37.6 Å². The van der Waals surface area contributed by atoms with Crippen molar-refractivity contribution in [1.29, 1.82) is 0 Å². The molecule has 96 valence electrons. The highest BCUT2D eigenvalue weighted by molar-refractivity contribution is 6.22. The van der Waals surface area contributed by atoms with E-state index in [0.29, 0.717) is 0 Å². The molecule has 0 aliphatic heterocycles. The smallest absolute Gasteiger partial charge is 0.106 e. The third-order valence-corrected chi connectivity index (χ3v) is 3.65. The minimum absolute atomic E-state index is 0.127. The Kier molecular flexibility index (Phi) is 4.13. The average Bonchev–Trinajstić information content (AvgIpc) is 2.69. The van der Waals surface area contributed by atoms with E-state index in [-0.39, 0.29) is 5.38 Å². The largest absolute Gasteiger partial charge is 0.466 e. The van der Waals surface area contributed by atoms with Crippen LogP contribution in [0.4, 0.5) is 0 Å². The van der Waals surface area contributed by atoms with Gasteiger partial charge in [0.1, 0.15) is 11.5 Å². The second kappa shape index (κ2) is 5.62. The number of hydrogen-bond acceptors (Lipinski definition) is 1. The summed E-state index contributed by atoms with van der Waals surface area (Å²) in [7, 11) is 0. The molecule has 1 aromatic carbocycles. The summed E-state index contributed by atoms with van der Waals surface area (Å²) in [4.78, 5) is 0. The van der Waals surface area contributed by atoms with Gasteiger partial charge in [-0.05, 0) is 37.5 Å². The summed E-state index contributed by atoms with van der Waals surface area (Å²) in [6.07, 6.45) is 2.29. The zero-order valence-electron chi connectivity index (χ0n) is 11.2. The molecule has 0 radical (unpaired) electrons. The maximum absolute atomic E-state index is 6.52. The van der Waals surface area contributed by atoms with Gasteiger partial charge in [0.2, 0.25) is 0 Å². The Morgan fingerprint density at radius 3 is 2.33 bits per heavy atom. The van der Waals surface area contributed by atoms with Crippen molar-refractivity contribution in [2.75, 3.05) is 0 Å². The Balaban J connectivity index is 2.23. The van der Waals surface area contributed by atoms with Gasteiger partial charge in [-0.2, -0.15) is 0 Å². The van der Waals surface area contributed by atoms with Crippen molar-refractivity contribution in [1.82, 2.24) is 0 Å². The van der Waals surface area contributed by atoms with E-state index in [1.807, 2.05) is 19.9 Å². The van der Waals surface area contributed by atoms with Crippen molar-refractivity contribution >= 4 is 11.6 Å². The van der Waals surface area contributed by atoms with E-state index in [1.54, 1.807) is 0 Å². The lowest BCUT2D eigenvalue weighted by atomic mass is 10.0. The Labute approximate surface area is 114 Å². The van der Waals surface area contributed by atoms with E-state index >= 15 is 0 Å². The molecule has 0 saturated carbocycles. The van der Waals surface area contributed by atoms with Crippen molar-refractivity contribution in [3.05, 3.63) is 58.5 Å². The quantitative estimate of drug-likeness (QED) is 0.692. The zero-order chi connectivity index (χ0) is 13.1. The number of furan rings is 1. The van der Waals surface area contributed by atoms with Crippen LogP contribution >= 0.6 is 11.6 Å². The van der Waals surface area contributed by atoms with Crippen LogP contribution in [-0.2, 0) is 6.42 Å². The molecule has 0 amide bonds. The van der Waals surface area contributed by atoms with Gasteiger partial charge in [0.25, 0.3) is 0 Å². The van der Waals surface area contributed by atoms with Gasteiger partial charge in [0.15, 0.2) is 0 Å². The third kappa shape index (κ3) is 2.78. The highest BCUT2D eigenvalue weighted by atomic mass is 35.5. The number of benzene rings is 1. The standard InChI is InChI=1S/C16H19ClO/c1-4-5-13-6-8-14(9-7-13)16(17)15-10-11(2)18-12(15)3/h6-10,16H,4-5H2,1-3H3. The predicted octanol–water partition coefficient (Wildman–Crippen LogP) is 5.18. The molecule has 0 bridgehead atoms. The Bertz CT molecular complexity index is 510. The molecule has 1 heterocycles. The normalized spacial score (nSPS) is 12.7. The van der Waals surface area contributed by atoms with E-state index < -0.39 is 0 Å². The fourth-order valence-electron chi connectivity index (χ4n) is 2.22. The van der Waals surface area contributed by atoms with Gasteiger partial charge < -0.3 is 4.42 Å². The molecule has 0 aliphatic rings. The van der Waals surface area contributed by atoms with E-state index in [1.165, 1.54) is 12.0 Å². The number of hydrogen-bond donors (Lipinski definition) is 0. The number of rotatable bonds is 4. The highest BCUT2D eigenvalue weighted by Crippen LogP contribution is 2.32. The molecule has 2 rings (SSSR count). The zero-order valence-corrected chi connectivity index (χ0v) is 11.9. The molecular formula is C16H19ClO. The number of alkyl halides is 1. The molecule has 1 nitrogen and oxygen atoms in total. The number of aryl methyl sites for hydroxylation is 3.